The number of pyridine rings is 1. The van der Waals surface area contributed by atoms with E-state index in [1.54, 1.807) is 35.3 Å². The Labute approximate surface area is 226 Å². The Morgan fingerprint density at radius 2 is 1.86 bits per heavy atom. The molecule has 3 heterocycles. The number of hydrogen-bond acceptors (Lipinski definition) is 7. The third-order valence-electron chi connectivity index (χ3n) is 7.21. The van der Waals surface area contributed by atoms with Crippen molar-refractivity contribution in [2.75, 3.05) is 0 Å². The van der Waals surface area contributed by atoms with Crippen LogP contribution in [-0.4, -0.2) is 42.0 Å². The normalized spacial score (nSPS) is 22.0. The van der Waals surface area contributed by atoms with Crippen LogP contribution in [0.5, 0.6) is 0 Å². The second-order valence-electron chi connectivity index (χ2n) is 9.73. The Morgan fingerprint density at radius 3 is 2.54 bits per heavy atom. The van der Waals surface area contributed by atoms with Crippen LogP contribution in [0.25, 0.3) is 15.9 Å². The van der Waals surface area contributed by atoms with Crippen molar-refractivity contribution in [1.29, 1.82) is 0 Å². The van der Waals surface area contributed by atoms with E-state index in [-0.39, 0.29) is 11.7 Å². The molecule has 0 atom stereocenters. The molecule has 3 aromatic heterocycles. The van der Waals surface area contributed by atoms with Crippen LogP contribution >= 0.6 is 34.5 Å². The van der Waals surface area contributed by atoms with E-state index in [1.165, 1.54) is 11.3 Å². The number of ether oxygens (including phenoxy) is 1. The number of aliphatic hydroxyl groups is 1. The van der Waals surface area contributed by atoms with E-state index in [9.17, 15) is 15.0 Å². The summed E-state index contributed by atoms with van der Waals surface area (Å²) >= 11 is 14.3. The SMILES string of the molecule is O=C(O)c1ccc2sc(C3(O)CCC(OCc4c(C5CC5)cnn4-c4c(Cl)cncc4Cl)CC3)nc2c1. The first-order valence-corrected chi connectivity index (χ1v) is 13.7. The van der Waals surface area contributed by atoms with Crippen LogP contribution < -0.4 is 0 Å². The summed E-state index contributed by atoms with van der Waals surface area (Å²) in [6.07, 6.45) is 9.61. The number of aromatic carboxylic acids is 1. The molecular weight excluding hydrogens is 535 g/mol. The van der Waals surface area contributed by atoms with Crippen LogP contribution in [0, 0.1) is 0 Å². The van der Waals surface area contributed by atoms with E-state index >= 15 is 0 Å². The fourth-order valence-corrected chi connectivity index (χ4v) is 6.59. The molecule has 2 saturated carbocycles. The summed E-state index contributed by atoms with van der Waals surface area (Å²) in [7, 11) is 0. The number of benzene rings is 1. The monoisotopic (exact) mass is 558 g/mol. The van der Waals surface area contributed by atoms with Gasteiger partial charge in [0.2, 0.25) is 0 Å². The summed E-state index contributed by atoms with van der Waals surface area (Å²) < 4.78 is 8.99. The molecule has 192 valence electrons. The van der Waals surface area contributed by atoms with Gasteiger partial charge in [-0.25, -0.2) is 14.5 Å². The van der Waals surface area contributed by atoms with Crippen LogP contribution in [-0.2, 0) is 16.9 Å². The van der Waals surface area contributed by atoms with Gasteiger partial charge in [-0.05, 0) is 68.2 Å². The molecule has 0 bridgehead atoms. The van der Waals surface area contributed by atoms with E-state index in [0.717, 1.165) is 28.8 Å². The van der Waals surface area contributed by atoms with E-state index in [1.807, 2.05) is 6.20 Å². The average Bonchev–Trinajstić information content (AvgIpc) is 3.49. The summed E-state index contributed by atoms with van der Waals surface area (Å²) in [4.78, 5) is 19.9. The molecule has 8 nitrogen and oxygen atoms in total. The van der Waals surface area contributed by atoms with E-state index in [2.05, 4.69) is 15.1 Å². The highest BCUT2D eigenvalue weighted by molar-refractivity contribution is 7.18. The molecule has 37 heavy (non-hydrogen) atoms. The first kappa shape index (κ1) is 24.8. The highest BCUT2D eigenvalue weighted by Crippen LogP contribution is 2.44. The number of rotatable bonds is 7. The molecule has 1 aromatic carbocycles. The third kappa shape index (κ3) is 4.75. The molecule has 2 fully saturated rings. The topological polar surface area (TPSA) is 110 Å². The first-order valence-electron chi connectivity index (χ1n) is 12.2. The predicted octanol–water partition coefficient (Wildman–Crippen LogP) is 6.11. The molecule has 0 amide bonds. The molecule has 2 aliphatic rings. The number of halogens is 2. The van der Waals surface area contributed by atoms with Gasteiger partial charge in [-0.15, -0.1) is 11.3 Å². The van der Waals surface area contributed by atoms with Crippen molar-refractivity contribution in [2.45, 2.75) is 62.8 Å². The molecule has 2 N–H and O–H groups in total. The minimum absolute atomic E-state index is 0.0212. The van der Waals surface area contributed by atoms with E-state index in [4.69, 9.17) is 27.9 Å². The fourth-order valence-electron chi connectivity index (χ4n) is 4.97. The minimum Gasteiger partial charge on any atom is -0.478 e. The van der Waals surface area contributed by atoms with Crippen LogP contribution in [0.1, 0.15) is 71.1 Å². The van der Waals surface area contributed by atoms with Gasteiger partial charge in [-0.2, -0.15) is 5.10 Å². The highest BCUT2D eigenvalue weighted by Gasteiger charge is 2.38. The van der Waals surface area contributed by atoms with Gasteiger partial charge in [-0.1, -0.05) is 23.2 Å². The summed E-state index contributed by atoms with van der Waals surface area (Å²) in [5.74, 6) is -0.517. The van der Waals surface area contributed by atoms with E-state index < -0.39 is 11.6 Å². The van der Waals surface area contributed by atoms with Gasteiger partial charge in [0.1, 0.15) is 16.3 Å². The number of nitrogens with zero attached hydrogens (tertiary/aromatic N) is 4. The number of aromatic nitrogens is 4. The second-order valence-corrected chi connectivity index (χ2v) is 11.6. The number of carbonyl (C=O) groups is 1. The molecule has 0 aliphatic heterocycles. The summed E-state index contributed by atoms with van der Waals surface area (Å²) in [6.45, 7) is 0.364. The van der Waals surface area contributed by atoms with Crippen molar-refractivity contribution in [3.8, 4) is 5.69 Å². The Hall–Kier alpha value is -2.56. The molecule has 0 spiro atoms. The second kappa shape index (κ2) is 9.63. The largest absolute Gasteiger partial charge is 0.478 e. The van der Waals surface area contributed by atoms with Gasteiger partial charge in [0, 0.05) is 12.4 Å². The Bertz CT molecular complexity index is 1470. The van der Waals surface area contributed by atoms with Gasteiger partial charge in [0.25, 0.3) is 0 Å². The molecule has 6 rings (SSSR count). The minimum atomic E-state index is -1.05. The maximum atomic E-state index is 11.4. The number of thiazole rings is 1. The predicted molar refractivity (Wildman–Crippen MR) is 141 cm³/mol. The van der Waals surface area contributed by atoms with Gasteiger partial charge >= 0.3 is 5.97 Å². The lowest BCUT2D eigenvalue weighted by Crippen LogP contribution is -2.34. The number of carboxylic acid groups (broad SMARTS) is 1. The van der Waals surface area contributed by atoms with E-state index in [0.29, 0.717) is 64.5 Å². The number of hydrogen-bond donors (Lipinski definition) is 2. The lowest BCUT2D eigenvalue weighted by molar-refractivity contribution is -0.0648. The van der Waals surface area contributed by atoms with Crippen LogP contribution in [0.2, 0.25) is 10.0 Å². The third-order valence-corrected chi connectivity index (χ3v) is 8.99. The Kier molecular flexibility index (Phi) is 6.45. The maximum absolute atomic E-state index is 11.4. The average molecular weight is 559 g/mol. The van der Waals surface area contributed by atoms with Crippen LogP contribution in [0.15, 0.2) is 36.8 Å². The van der Waals surface area contributed by atoms with Gasteiger partial charge in [0.05, 0.1) is 50.4 Å². The Balaban J connectivity index is 1.17. The summed E-state index contributed by atoms with van der Waals surface area (Å²) in [5, 5.41) is 26.7. The van der Waals surface area contributed by atoms with Gasteiger partial charge < -0.3 is 14.9 Å². The Morgan fingerprint density at radius 1 is 1.14 bits per heavy atom. The van der Waals surface area contributed by atoms with Crippen molar-refractivity contribution in [3.63, 3.8) is 0 Å². The van der Waals surface area contributed by atoms with Gasteiger partial charge in [0.15, 0.2) is 0 Å². The molecule has 2 aliphatic carbocycles. The number of fused-ring (bicyclic) bond motifs is 1. The van der Waals surface area contributed by atoms with Crippen LogP contribution in [0.4, 0.5) is 0 Å². The fraction of sp³-hybridized carbons (Fsp3) is 0.385. The van der Waals surface area contributed by atoms with Crippen molar-refractivity contribution < 1.29 is 19.7 Å². The molecule has 0 radical (unpaired) electrons. The first-order chi connectivity index (χ1) is 17.8. The zero-order chi connectivity index (χ0) is 25.7. The zero-order valence-corrected chi connectivity index (χ0v) is 22.1. The molecule has 4 aromatic rings. The molecular formula is C26H24Cl2N4O4S. The van der Waals surface area contributed by atoms with Crippen LogP contribution in [0.3, 0.4) is 0 Å². The van der Waals surface area contributed by atoms with Crippen molar-refractivity contribution in [3.05, 3.63) is 68.7 Å². The summed E-state index contributed by atoms with van der Waals surface area (Å²) in [5.41, 5.74) is 2.44. The molecule has 0 saturated heterocycles. The molecule has 11 heteroatoms. The standard InChI is InChI=1S/C26H24Cl2N4O4S/c27-18-11-29-12-19(28)23(18)32-21(17(10-30-32)14-1-2-14)13-36-16-5-7-26(35,8-6-16)25-31-20-9-15(24(33)34)3-4-22(20)37-25/h3-4,9-12,14,16,35H,1-2,5-8,13H2,(H,33,34). The zero-order valence-electron chi connectivity index (χ0n) is 19.7. The number of carboxylic acids is 1. The summed E-state index contributed by atoms with van der Waals surface area (Å²) in [6, 6.07) is 4.87. The highest BCUT2D eigenvalue weighted by atomic mass is 35.5. The lowest BCUT2D eigenvalue weighted by Gasteiger charge is -2.34. The van der Waals surface area contributed by atoms with Crippen molar-refractivity contribution in [2.24, 2.45) is 0 Å². The quantitative estimate of drug-likeness (QED) is 0.281. The van der Waals surface area contributed by atoms with Crippen molar-refractivity contribution in [1.82, 2.24) is 19.7 Å². The smallest absolute Gasteiger partial charge is 0.335 e. The van der Waals surface area contributed by atoms with Gasteiger partial charge in [-0.3, -0.25) is 4.98 Å². The van der Waals surface area contributed by atoms with Crippen molar-refractivity contribution >= 4 is 50.7 Å². The lowest BCUT2D eigenvalue weighted by atomic mass is 9.83. The molecule has 0 unspecified atom stereocenters. The maximum Gasteiger partial charge on any atom is 0.335 e.